The van der Waals surface area contributed by atoms with E-state index in [1.807, 2.05) is 11.6 Å². The number of rotatable bonds is 5. The van der Waals surface area contributed by atoms with Crippen LogP contribution in [0.4, 0.5) is 5.13 Å². The lowest BCUT2D eigenvalue weighted by Crippen LogP contribution is -2.11. The number of thiazole rings is 1. The van der Waals surface area contributed by atoms with E-state index < -0.39 is 0 Å². The fourth-order valence-electron chi connectivity index (χ4n) is 2.07. The maximum absolute atomic E-state index is 11.7. The molecule has 0 saturated heterocycles. The van der Waals surface area contributed by atoms with E-state index in [2.05, 4.69) is 43.2 Å². The van der Waals surface area contributed by atoms with E-state index in [0.717, 1.165) is 17.0 Å². The summed E-state index contributed by atoms with van der Waals surface area (Å²) in [5.41, 5.74) is 5.83. The van der Waals surface area contributed by atoms with Gasteiger partial charge in [0.1, 0.15) is 0 Å². The zero-order valence-electron chi connectivity index (χ0n) is 12.8. The Balaban J connectivity index is 2.16. The van der Waals surface area contributed by atoms with Gasteiger partial charge in [0.15, 0.2) is 5.13 Å². The average Bonchev–Trinajstić information content (AvgIpc) is 2.88. The van der Waals surface area contributed by atoms with Gasteiger partial charge in [-0.3, -0.25) is 4.79 Å². The molecular weight excluding hydrogens is 300 g/mol. The quantitative estimate of drug-likeness (QED) is 0.886. The van der Waals surface area contributed by atoms with Gasteiger partial charge in [0.05, 0.1) is 5.69 Å². The summed E-state index contributed by atoms with van der Waals surface area (Å²) in [7, 11) is 0. The lowest BCUT2D eigenvalue weighted by atomic mass is 9.99. The smallest absolute Gasteiger partial charge is 0.226 e. The normalized spacial score (nSPS) is 10.7. The van der Waals surface area contributed by atoms with Crippen molar-refractivity contribution in [2.45, 2.75) is 27.2 Å². The highest BCUT2D eigenvalue weighted by Gasteiger charge is 2.10. The molecule has 3 nitrogen and oxygen atoms in total. The number of thioether (sulfide) groups is 1. The molecule has 5 heteroatoms. The van der Waals surface area contributed by atoms with Gasteiger partial charge in [-0.15, -0.1) is 11.3 Å². The van der Waals surface area contributed by atoms with Crippen molar-refractivity contribution in [2.75, 3.05) is 17.3 Å². The fraction of sp³-hybridized carbons (Fsp3) is 0.375. The van der Waals surface area contributed by atoms with Crippen molar-refractivity contribution in [2.24, 2.45) is 0 Å². The van der Waals surface area contributed by atoms with Crippen molar-refractivity contribution in [3.63, 3.8) is 0 Å². The second kappa shape index (κ2) is 7.09. The highest BCUT2D eigenvalue weighted by atomic mass is 32.2. The third-order valence-electron chi connectivity index (χ3n) is 3.40. The van der Waals surface area contributed by atoms with Gasteiger partial charge in [0, 0.05) is 23.1 Å². The number of carbonyl (C=O) groups excluding carboxylic acids is 1. The molecule has 1 heterocycles. The summed E-state index contributed by atoms with van der Waals surface area (Å²) in [4.78, 5) is 16.3. The Bertz CT molecular complexity index is 650. The van der Waals surface area contributed by atoms with E-state index in [0.29, 0.717) is 11.6 Å². The maximum atomic E-state index is 11.7. The number of aromatic nitrogens is 1. The molecule has 0 aliphatic carbocycles. The van der Waals surface area contributed by atoms with E-state index in [9.17, 15) is 4.79 Å². The van der Waals surface area contributed by atoms with Crippen LogP contribution in [0.2, 0.25) is 0 Å². The molecule has 0 saturated carbocycles. The van der Waals surface area contributed by atoms with Crippen LogP contribution in [-0.4, -0.2) is 22.9 Å². The van der Waals surface area contributed by atoms with Gasteiger partial charge in [-0.1, -0.05) is 6.07 Å². The average molecular weight is 320 g/mol. The molecule has 2 rings (SSSR count). The Kier molecular flexibility index (Phi) is 5.42. The summed E-state index contributed by atoms with van der Waals surface area (Å²) >= 11 is 3.14. The van der Waals surface area contributed by atoms with Gasteiger partial charge in [0.25, 0.3) is 0 Å². The molecule has 2 aromatic rings. The zero-order chi connectivity index (χ0) is 15.4. The molecule has 0 radical (unpaired) electrons. The summed E-state index contributed by atoms with van der Waals surface area (Å²) in [5, 5.41) is 5.54. The van der Waals surface area contributed by atoms with E-state index in [1.165, 1.54) is 28.0 Å². The third kappa shape index (κ3) is 4.08. The van der Waals surface area contributed by atoms with Gasteiger partial charge in [-0.25, -0.2) is 4.98 Å². The minimum Gasteiger partial charge on any atom is -0.302 e. The Morgan fingerprint density at radius 3 is 2.67 bits per heavy atom. The number of nitrogens with one attached hydrogen (secondary N) is 1. The molecule has 112 valence electrons. The van der Waals surface area contributed by atoms with Crippen LogP contribution >= 0.6 is 23.1 Å². The largest absolute Gasteiger partial charge is 0.302 e. The highest BCUT2D eigenvalue weighted by molar-refractivity contribution is 7.98. The number of carbonyl (C=O) groups is 1. The lowest BCUT2D eigenvalue weighted by molar-refractivity contribution is -0.115. The minimum atomic E-state index is 0.0297. The number of aryl methyl sites for hydroxylation is 3. The van der Waals surface area contributed by atoms with Gasteiger partial charge < -0.3 is 5.32 Å². The van der Waals surface area contributed by atoms with E-state index in [-0.39, 0.29) is 5.91 Å². The van der Waals surface area contributed by atoms with Crippen molar-refractivity contribution in [1.29, 1.82) is 0 Å². The third-order valence-corrected chi connectivity index (χ3v) is 4.77. The second-order valence-corrected chi connectivity index (χ2v) is 6.92. The summed E-state index contributed by atoms with van der Waals surface area (Å²) in [5.74, 6) is 0.863. The van der Waals surface area contributed by atoms with Gasteiger partial charge in [-0.05, 0) is 49.8 Å². The Morgan fingerprint density at radius 1 is 1.24 bits per heavy atom. The predicted octanol–water partition coefficient (Wildman–Crippen LogP) is 4.43. The summed E-state index contributed by atoms with van der Waals surface area (Å²) < 4.78 is 0. The van der Waals surface area contributed by atoms with Crippen molar-refractivity contribution in [3.05, 3.63) is 34.2 Å². The molecular formula is C16H20N2OS2. The van der Waals surface area contributed by atoms with Crippen molar-refractivity contribution in [1.82, 2.24) is 4.98 Å². The number of amides is 1. The van der Waals surface area contributed by atoms with Crippen LogP contribution in [0.25, 0.3) is 11.3 Å². The monoisotopic (exact) mass is 320 g/mol. The standard InChI is InChI=1S/C16H20N2OS2/c1-10-7-12(3)13(8-11(10)2)14-9-21-16(17-14)18-15(19)5-6-20-4/h7-9H,5-6H2,1-4H3,(H,17,18,19). The van der Waals surface area contributed by atoms with Gasteiger partial charge >= 0.3 is 0 Å². The van der Waals surface area contributed by atoms with Crippen LogP contribution < -0.4 is 5.32 Å². The lowest BCUT2D eigenvalue weighted by Gasteiger charge is -2.07. The number of nitrogens with zero attached hydrogens (tertiary/aromatic N) is 1. The van der Waals surface area contributed by atoms with E-state index in [4.69, 9.17) is 0 Å². The predicted molar refractivity (Wildman–Crippen MR) is 93.4 cm³/mol. The SMILES string of the molecule is CSCCC(=O)Nc1nc(-c2cc(C)c(C)cc2C)cs1. The summed E-state index contributed by atoms with van der Waals surface area (Å²) in [6.07, 6.45) is 2.52. The maximum Gasteiger partial charge on any atom is 0.226 e. The minimum absolute atomic E-state index is 0.0297. The van der Waals surface area contributed by atoms with Crippen LogP contribution in [0.1, 0.15) is 23.1 Å². The van der Waals surface area contributed by atoms with Gasteiger partial charge in [0.2, 0.25) is 5.91 Å². The molecule has 1 aromatic heterocycles. The molecule has 1 amide bonds. The van der Waals surface area contributed by atoms with Crippen LogP contribution in [-0.2, 0) is 4.79 Å². The highest BCUT2D eigenvalue weighted by Crippen LogP contribution is 2.29. The molecule has 0 spiro atoms. The zero-order valence-corrected chi connectivity index (χ0v) is 14.5. The topological polar surface area (TPSA) is 42.0 Å². The van der Waals surface area contributed by atoms with E-state index in [1.54, 1.807) is 11.8 Å². The number of hydrogen-bond acceptors (Lipinski definition) is 4. The Labute approximate surface area is 134 Å². The fourth-order valence-corrected chi connectivity index (χ4v) is 3.18. The van der Waals surface area contributed by atoms with Crippen LogP contribution in [0.5, 0.6) is 0 Å². The van der Waals surface area contributed by atoms with Crippen molar-refractivity contribution >= 4 is 34.1 Å². The van der Waals surface area contributed by atoms with Crippen molar-refractivity contribution in [3.8, 4) is 11.3 Å². The number of hydrogen-bond donors (Lipinski definition) is 1. The first kappa shape index (κ1) is 16.0. The van der Waals surface area contributed by atoms with Crippen LogP contribution in [0.15, 0.2) is 17.5 Å². The summed E-state index contributed by atoms with van der Waals surface area (Å²) in [6.45, 7) is 6.32. The Morgan fingerprint density at radius 2 is 1.95 bits per heavy atom. The number of anilines is 1. The van der Waals surface area contributed by atoms with Crippen molar-refractivity contribution < 1.29 is 4.79 Å². The molecule has 1 N–H and O–H groups in total. The first-order valence-corrected chi connectivity index (χ1v) is 9.11. The molecule has 0 fully saturated rings. The van der Waals surface area contributed by atoms with Crippen LogP contribution in [0.3, 0.4) is 0 Å². The Hall–Kier alpha value is -1.33. The first-order chi connectivity index (χ1) is 10.0. The molecule has 0 aliphatic heterocycles. The molecule has 0 aliphatic rings. The van der Waals surface area contributed by atoms with E-state index >= 15 is 0 Å². The second-order valence-electron chi connectivity index (χ2n) is 5.08. The van der Waals surface area contributed by atoms with Crippen LogP contribution in [0, 0.1) is 20.8 Å². The molecule has 1 aromatic carbocycles. The molecule has 0 bridgehead atoms. The summed E-state index contributed by atoms with van der Waals surface area (Å²) in [6, 6.07) is 4.35. The van der Waals surface area contributed by atoms with Gasteiger partial charge in [-0.2, -0.15) is 11.8 Å². The molecule has 0 unspecified atom stereocenters. The molecule has 21 heavy (non-hydrogen) atoms. The molecule has 0 atom stereocenters. The first-order valence-electron chi connectivity index (χ1n) is 6.84. The number of benzene rings is 1.